The summed E-state index contributed by atoms with van der Waals surface area (Å²) in [6, 6.07) is 6.47. The highest BCUT2D eigenvalue weighted by atomic mass is 16.5. The lowest BCUT2D eigenvalue weighted by Crippen LogP contribution is -2.39. The number of hydrogen-bond acceptors (Lipinski definition) is 5. The fourth-order valence-electron chi connectivity index (χ4n) is 3.50. The van der Waals surface area contributed by atoms with Gasteiger partial charge in [0.2, 0.25) is 5.91 Å². The standard InChI is InChI=1S/C19H23N3O6/c23-16(20-11-15(19(26)27)12-6-9-28-10-7-12)5-8-22-18(25)14-4-2-1-3-13(14)17(24)21-22/h1-4,12,15H,5-11H2,(H,20,23)(H,21,24)(H,26,27). The van der Waals surface area contributed by atoms with Crippen molar-refractivity contribution >= 4 is 22.6 Å². The molecule has 1 fully saturated rings. The smallest absolute Gasteiger partial charge is 0.308 e. The molecule has 28 heavy (non-hydrogen) atoms. The number of aryl methyl sites for hydroxylation is 1. The number of amides is 1. The monoisotopic (exact) mass is 389 g/mol. The van der Waals surface area contributed by atoms with Crippen LogP contribution in [-0.2, 0) is 20.9 Å². The van der Waals surface area contributed by atoms with Gasteiger partial charge in [0.25, 0.3) is 11.1 Å². The number of carboxylic acid groups (broad SMARTS) is 1. The Morgan fingerprint density at radius 2 is 1.89 bits per heavy atom. The first-order valence-corrected chi connectivity index (χ1v) is 9.26. The number of ether oxygens (including phenoxy) is 1. The van der Waals surface area contributed by atoms with Gasteiger partial charge in [-0.05, 0) is 30.9 Å². The number of aromatic amines is 1. The summed E-state index contributed by atoms with van der Waals surface area (Å²) in [4.78, 5) is 48.2. The average molecular weight is 389 g/mol. The van der Waals surface area contributed by atoms with Crippen LogP contribution < -0.4 is 16.4 Å². The molecule has 3 N–H and O–H groups in total. The SMILES string of the molecule is O=C(CCn1[nH]c(=O)c2ccccc2c1=O)NCC(C(=O)O)C1CCOCC1. The lowest BCUT2D eigenvalue weighted by molar-refractivity contribution is -0.145. The van der Waals surface area contributed by atoms with Crippen molar-refractivity contribution in [1.29, 1.82) is 0 Å². The molecule has 1 aliphatic heterocycles. The number of carbonyl (C=O) groups is 2. The molecule has 2 heterocycles. The van der Waals surface area contributed by atoms with E-state index in [2.05, 4.69) is 10.4 Å². The molecule has 1 amide bonds. The van der Waals surface area contributed by atoms with Crippen LogP contribution in [-0.4, -0.2) is 46.5 Å². The zero-order chi connectivity index (χ0) is 20.1. The van der Waals surface area contributed by atoms with E-state index in [1.165, 1.54) is 0 Å². The Balaban J connectivity index is 1.60. The molecule has 0 spiro atoms. The van der Waals surface area contributed by atoms with E-state index in [1.807, 2.05) is 0 Å². The molecule has 0 aliphatic carbocycles. The van der Waals surface area contributed by atoms with Gasteiger partial charge in [-0.15, -0.1) is 0 Å². The van der Waals surface area contributed by atoms with E-state index in [1.54, 1.807) is 24.3 Å². The van der Waals surface area contributed by atoms with Gasteiger partial charge in [-0.25, -0.2) is 4.68 Å². The van der Waals surface area contributed by atoms with Crippen LogP contribution in [0.4, 0.5) is 0 Å². The second kappa shape index (κ2) is 8.83. The van der Waals surface area contributed by atoms with Crippen molar-refractivity contribution in [2.75, 3.05) is 19.8 Å². The third-order valence-electron chi connectivity index (χ3n) is 5.12. The summed E-state index contributed by atoms with van der Waals surface area (Å²) in [5.41, 5.74) is -0.783. The number of benzene rings is 1. The molecule has 1 aliphatic rings. The van der Waals surface area contributed by atoms with Crippen LogP contribution in [0.3, 0.4) is 0 Å². The van der Waals surface area contributed by atoms with Crippen LogP contribution >= 0.6 is 0 Å². The number of nitrogens with zero attached hydrogens (tertiary/aromatic N) is 1. The molecule has 1 saturated heterocycles. The molecule has 0 saturated carbocycles. The van der Waals surface area contributed by atoms with Crippen LogP contribution in [0.25, 0.3) is 10.8 Å². The molecule has 1 atom stereocenters. The highest BCUT2D eigenvalue weighted by molar-refractivity contribution is 5.80. The molecule has 1 unspecified atom stereocenters. The second-order valence-corrected chi connectivity index (χ2v) is 6.89. The first kappa shape index (κ1) is 19.8. The zero-order valence-corrected chi connectivity index (χ0v) is 15.3. The number of carboxylic acids is 1. The third-order valence-corrected chi connectivity index (χ3v) is 5.12. The number of rotatable bonds is 7. The average Bonchev–Trinajstić information content (AvgIpc) is 2.70. The molecule has 150 valence electrons. The number of aromatic nitrogens is 2. The Morgan fingerprint density at radius 1 is 1.21 bits per heavy atom. The third kappa shape index (κ3) is 4.48. The molecular formula is C19H23N3O6. The number of H-pyrrole nitrogens is 1. The Labute approximate surface area is 160 Å². The van der Waals surface area contributed by atoms with Crippen molar-refractivity contribution in [2.45, 2.75) is 25.8 Å². The fourth-order valence-corrected chi connectivity index (χ4v) is 3.50. The fraction of sp³-hybridized carbons (Fsp3) is 0.474. The molecule has 0 radical (unpaired) electrons. The van der Waals surface area contributed by atoms with Gasteiger partial charge in [0, 0.05) is 26.2 Å². The summed E-state index contributed by atoms with van der Waals surface area (Å²) >= 11 is 0. The Bertz CT molecular complexity index is 974. The lowest BCUT2D eigenvalue weighted by atomic mass is 9.86. The predicted octanol–water partition coefficient (Wildman–Crippen LogP) is 0.324. The van der Waals surface area contributed by atoms with Gasteiger partial charge in [0.05, 0.1) is 23.2 Å². The number of carbonyl (C=O) groups excluding carboxylic acids is 1. The van der Waals surface area contributed by atoms with Gasteiger partial charge >= 0.3 is 5.97 Å². The van der Waals surface area contributed by atoms with Crippen molar-refractivity contribution in [1.82, 2.24) is 15.1 Å². The predicted molar refractivity (Wildman–Crippen MR) is 101 cm³/mol. The van der Waals surface area contributed by atoms with E-state index >= 15 is 0 Å². The van der Waals surface area contributed by atoms with Gasteiger partial charge in [-0.1, -0.05) is 12.1 Å². The molecule has 0 bridgehead atoms. The number of aliphatic carboxylic acids is 1. The number of nitrogens with one attached hydrogen (secondary N) is 2. The first-order valence-electron chi connectivity index (χ1n) is 9.26. The van der Waals surface area contributed by atoms with Gasteiger partial charge in [0.15, 0.2) is 0 Å². The van der Waals surface area contributed by atoms with E-state index < -0.39 is 17.4 Å². The molecule has 1 aromatic heterocycles. The molecule has 1 aromatic carbocycles. The van der Waals surface area contributed by atoms with Crippen LogP contribution in [0.2, 0.25) is 0 Å². The Morgan fingerprint density at radius 3 is 2.57 bits per heavy atom. The van der Waals surface area contributed by atoms with Crippen molar-refractivity contribution in [3.8, 4) is 0 Å². The Kier molecular flexibility index (Phi) is 6.25. The maximum Gasteiger partial charge on any atom is 0.308 e. The maximum atomic E-state index is 12.4. The molecule has 3 rings (SSSR count). The van der Waals surface area contributed by atoms with Crippen LogP contribution in [0.1, 0.15) is 19.3 Å². The van der Waals surface area contributed by atoms with Gasteiger partial charge in [0.1, 0.15) is 0 Å². The summed E-state index contributed by atoms with van der Waals surface area (Å²) < 4.78 is 6.36. The number of hydrogen-bond donors (Lipinski definition) is 3. The van der Waals surface area contributed by atoms with Crippen molar-refractivity contribution in [3.63, 3.8) is 0 Å². The second-order valence-electron chi connectivity index (χ2n) is 6.89. The van der Waals surface area contributed by atoms with Gasteiger partial charge in [-0.2, -0.15) is 0 Å². The van der Waals surface area contributed by atoms with E-state index in [0.717, 1.165) is 4.68 Å². The van der Waals surface area contributed by atoms with Gasteiger partial charge < -0.3 is 15.2 Å². The van der Waals surface area contributed by atoms with Crippen molar-refractivity contribution in [2.24, 2.45) is 11.8 Å². The van der Waals surface area contributed by atoms with E-state index in [0.29, 0.717) is 31.4 Å². The Hall–Kier alpha value is -2.94. The van der Waals surface area contributed by atoms with E-state index in [-0.39, 0.29) is 42.3 Å². The summed E-state index contributed by atoms with van der Waals surface area (Å²) in [7, 11) is 0. The van der Waals surface area contributed by atoms with Crippen molar-refractivity contribution in [3.05, 3.63) is 45.0 Å². The van der Waals surface area contributed by atoms with E-state index in [4.69, 9.17) is 4.74 Å². The quantitative estimate of drug-likeness (QED) is 0.625. The highest BCUT2D eigenvalue weighted by Crippen LogP contribution is 2.23. The minimum Gasteiger partial charge on any atom is -0.481 e. The lowest BCUT2D eigenvalue weighted by Gasteiger charge is -2.27. The molecule has 9 heteroatoms. The molecule has 9 nitrogen and oxygen atoms in total. The minimum absolute atomic E-state index is 0.000250. The summed E-state index contributed by atoms with van der Waals surface area (Å²) in [5.74, 6) is -2.02. The summed E-state index contributed by atoms with van der Waals surface area (Å²) in [5, 5.41) is 15.1. The highest BCUT2D eigenvalue weighted by Gasteiger charge is 2.29. The first-order chi connectivity index (χ1) is 13.5. The van der Waals surface area contributed by atoms with Crippen LogP contribution in [0, 0.1) is 11.8 Å². The minimum atomic E-state index is -0.942. The summed E-state index contributed by atoms with van der Waals surface area (Å²) in [6.07, 6.45) is 1.26. The molecule has 2 aromatic rings. The zero-order valence-electron chi connectivity index (χ0n) is 15.3. The molecular weight excluding hydrogens is 366 g/mol. The summed E-state index contributed by atoms with van der Waals surface area (Å²) in [6.45, 7) is 1.09. The van der Waals surface area contributed by atoms with E-state index in [9.17, 15) is 24.3 Å². The van der Waals surface area contributed by atoms with Crippen LogP contribution in [0.15, 0.2) is 33.9 Å². The normalized spacial score (nSPS) is 16.0. The van der Waals surface area contributed by atoms with Crippen LogP contribution in [0.5, 0.6) is 0 Å². The van der Waals surface area contributed by atoms with Gasteiger partial charge in [-0.3, -0.25) is 24.3 Å². The van der Waals surface area contributed by atoms with Crippen molar-refractivity contribution < 1.29 is 19.4 Å². The number of fused-ring (bicyclic) bond motifs is 1. The maximum absolute atomic E-state index is 12.4. The largest absolute Gasteiger partial charge is 0.481 e. The topological polar surface area (TPSA) is 130 Å².